The molecule has 1 amide bonds. The van der Waals surface area contributed by atoms with Crippen molar-refractivity contribution in [3.05, 3.63) is 94.7 Å². The van der Waals surface area contributed by atoms with E-state index in [0.717, 1.165) is 23.4 Å². The summed E-state index contributed by atoms with van der Waals surface area (Å²) < 4.78 is 51.5. The number of nitrogens with zero attached hydrogens (tertiary/aromatic N) is 1. The van der Waals surface area contributed by atoms with Crippen LogP contribution in [0.4, 0.5) is 8.78 Å². The fourth-order valence-electron chi connectivity index (χ4n) is 4.27. The first-order valence-corrected chi connectivity index (χ1v) is 12.9. The van der Waals surface area contributed by atoms with Crippen LogP contribution in [0.3, 0.4) is 0 Å². The molecule has 2 aromatic carbocycles. The Bertz CT molecular complexity index is 1370. The molecular formula is C30H29F2NO8. The molecule has 2 aromatic rings. The van der Waals surface area contributed by atoms with Crippen molar-refractivity contribution in [2.24, 2.45) is 0 Å². The normalized spacial score (nSPS) is 22.5. The lowest BCUT2D eigenvalue weighted by atomic mass is 10.0. The molecule has 1 fully saturated rings. The number of benzene rings is 2. The maximum Gasteiger partial charge on any atom is 0.350 e. The number of hydrogen-bond acceptors (Lipinski definition) is 8. The Morgan fingerprint density at radius 2 is 1.56 bits per heavy atom. The predicted molar refractivity (Wildman–Crippen MR) is 141 cm³/mol. The van der Waals surface area contributed by atoms with Gasteiger partial charge in [-0.2, -0.15) is 8.78 Å². The summed E-state index contributed by atoms with van der Waals surface area (Å²) >= 11 is 0. The minimum atomic E-state index is -4.05. The van der Waals surface area contributed by atoms with E-state index < -0.39 is 53.7 Å². The Hall–Kier alpha value is -4.38. The van der Waals surface area contributed by atoms with Crippen LogP contribution >= 0.6 is 0 Å². The Balaban J connectivity index is 1.53. The molecule has 2 heterocycles. The highest BCUT2D eigenvalue weighted by atomic mass is 19.3. The van der Waals surface area contributed by atoms with Gasteiger partial charge in [-0.3, -0.25) is 9.69 Å². The van der Waals surface area contributed by atoms with E-state index in [1.807, 2.05) is 13.8 Å². The van der Waals surface area contributed by atoms with E-state index in [-0.39, 0.29) is 30.8 Å². The van der Waals surface area contributed by atoms with Gasteiger partial charge in [0.05, 0.1) is 17.7 Å². The Morgan fingerprint density at radius 1 is 0.976 bits per heavy atom. The van der Waals surface area contributed by atoms with Gasteiger partial charge >= 0.3 is 29.7 Å². The first-order chi connectivity index (χ1) is 19.5. The third-order valence-corrected chi connectivity index (χ3v) is 6.54. The molecule has 0 bridgehead atoms. The molecule has 0 radical (unpaired) electrons. The first kappa shape index (κ1) is 29.6. The van der Waals surface area contributed by atoms with E-state index in [2.05, 4.69) is 4.74 Å². The number of ether oxygens (including phenoxy) is 4. The monoisotopic (exact) mass is 569 g/mol. The second kappa shape index (κ2) is 12.4. The number of aryl methyl sites for hydroxylation is 2. The molecule has 216 valence electrons. The molecule has 0 aromatic heterocycles. The van der Waals surface area contributed by atoms with Crippen molar-refractivity contribution >= 4 is 23.8 Å². The molecular weight excluding hydrogens is 540 g/mol. The molecule has 4 rings (SSSR count). The second-order valence-electron chi connectivity index (χ2n) is 9.59. The summed E-state index contributed by atoms with van der Waals surface area (Å²) in [6.45, 7) is 4.85. The maximum absolute atomic E-state index is 15.0. The molecule has 0 N–H and O–H groups in total. The molecule has 0 spiro atoms. The highest BCUT2D eigenvalue weighted by Gasteiger charge is 2.52. The maximum atomic E-state index is 15.0. The molecule has 1 saturated heterocycles. The van der Waals surface area contributed by atoms with Crippen molar-refractivity contribution < 1.29 is 46.9 Å². The summed E-state index contributed by atoms with van der Waals surface area (Å²) in [4.78, 5) is 50.6. The number of halogens is 2. The molecule has 11 heteroatoms. The Morgan fingerprint density at radius 3 is 2.15 bits per heavy atom. The van der Waals surface area contributed by atoms with E-state index in [1.165, 1.54) is 6.92 Å². The average molecular weight is 570 g/mol. The number of rotatable bonds is 8. The standard InChI is InChI=1S/C30H29F2NO8/c1-4-38-26(34)15-22-13-14-33(29(37)30(22,31)32)25-16-23(41-28(36)21-11-7-19(3)8-12-21)24(40-25)17-39-27(35)20-9-5-18(2)6-10-20/h5-15,23-25H,4,16-17H2,1-3H3/b22-15+/t23-,24+,25+/m0/s1. The minimum Gasteiger partial charge on any atom is -0.463 e. The molecule has 0 saturated carbocycles. The summed E-state index contributed by atoms with van der Waals surface area (Å²) in [5, 5.41) is 0. The zero-order valence-electron chi connectivity index (χ0n) is 22.7. The Kier molecular flexibility index (Phi) is 8.97. The number of carbonyl (C=O) groups excluding carboxylic acids is 4. The van der Waals surface area contributed by atoms with Crippen molar-refractivity contribution in [2.45, 2.75) is 51.6 Å². The van der Waals surface area contributed by atoms with Crippen LogP contribution in [0.25, 0.3) is 0 Å². The van der Waals surface area contributed by atoms with Crippen LogP contribution in [-0.2, 0) is 28.5 Å². The number of allylic oxidation sites excluding steroid dienone is 1. The fourth-order valence-corrected chi connectivity index (χ4v) is 4.27. The predicted octanol–water partition coefficient (Wildman–Crippen LogP) is 4.28. The number of esters is 3. The lowest BCUT2D eigenvalue weighted by Gasteiger charge is -2.32. The van der Waals surface area contributed by atoms with Gasteiger partial charge in [-0.15, -0.1) is 0 Å². The first-order valence-electron chi connectivity index (χ1n) is 12.9. The van der Waals surface area contributed by atoms with Gasteiger partial charge in [0.15, 0.2) is 0 Å². The van der Waals surface area contributed by atoms with Crippen molar-refractivity contribution in [3.8, 4) is 0 Å². The molecule has 41 heavy (non-hydrogen) atoms. The number of carbonyl (C=O) groups is 4. The second-order valence-corrected chi connectivity index (χ2v) is 9.59. The van der Waals surface area contributed by atoms with Crippen molar-refractivity contribution in [2.75, 3.05) is 13.2 Å². The highest BCUT2D eigenvalue weighted by molar-refractivity contribution is 5.94. The summed E-state index contributed by atoms with van der Waals surface area (Å²) in [5.74, 6) is -8.05. The minimum absolute atomic E-state index is 0.0214. The van der Waals surface area contributed by atoms with Crippen LogP contribution in [0, 0.1) is 13.8 Å². The van der Waals surface area contributed by atoms with Crippen LogP contribution in [0.5, 0.6) is 0 Å². The summed E-state index contributed by atoms with van der Waals surface area (Å²) in [5.41, 5.74) is 1.58. The zero-order valence-corrected chi connectivity index (χ0v) is 22.7. The van der Waals surface area contributed by atoms with Gasteiger partial charge in [0.1, 0.15) is 25.0 Å². The third-order valence-electron chi connectivity index (χ3n) is 6.54. The number of amides is 1. The largest absolute Gasteiger partial charge is 0.463 e. The topological polar surface area (TPSA) is 108 Å². The van der Waals surface area contributed by atoms with Crippen LogP contribution < -0.4 is 0 Å². The van der Waals surface area contributed by atoms with E-state index in [1.54, 1.807) is 48.5 Å². The van der Waals surface area contributed by atoms with Crippen LogP contribution in [0.2, 0.25) is 0 Å². The van der Waals surface area contributed by atoms with Gasteiger partial charge in [-0.25, -0.2) is 14.4 Å². The Labute approximate surface area is 235 Å². The lowest BCUT2D eigenvalue weighted by molar-refractivity contribution is -0.162. The van der Waals surface area contributed by atoms with Gasteiger partial charge in [0.2, 0.25) is 0 Å². The van der Waals surface area contributed by atoms with Gasteiger partial charge in [0, 0.05) is 24.3 Å². The SMILES string of the molecule is CCOC(=O)/C=C1\C=CN([C@H]2C[C@H](OC(=O)c3ccc(C)cc3)[C@@H](COC(=O)c3ccc(C)cc3)O2)C(=O)C1(F)F. The molecule has 0 unspecified atom stereocenters. The quantitative estimate of drug-likeness (QED) is 0.263. The van der Waals surface area contributed by atoms with Crippen LogP contribution in [-0.4, -0.2) is 66.3 Å². The molecule has 9 nitrogen and oxygen atoms in total. The summed E-state index contributed by atoms with van der Waals surface area (Å²) in [6, 6.07) is 13.3. The van der Waals surface area contributed by atoms with Crippen molar-refractivity contribution in [3.63, 3.8) is 0 Å². The molecule has 3 atom stereocenters. The smallest absolute Gasteiger partial charge is 0.350 e. The zero-order chi connectivity index (χ0) is 29.7. The van der Waals surface area contributed by atoms with E-state index >= 15 is 0 Å². The van der Waals surface area contributed by atoms with Gasteiger partial charge in [-0.05, 0) is 51.1 Å². The van der Waals surface area contributed by atoms with Gasteiger partial charge < -0.3 is 18.9 Å². The van der Waals surface area contributed by atoms with Gasteiger partial charge in [0.25, 0.3) is 0 Å². The number of alkyl halides is 2. The van der Waals surface area contributed by atoms with E-state index in [0.29, 0.717) is 11.0 Å². The summed E-state index contributed by atoms with van der Waals surface area (Å²) in [7, 11) is 0. The van der Waals surface area contributed by atoms with Crippen molar-refractivity contribution in [1.29, 1.82) is 0 Å². The highest BCUT2D eigenvalue weighted by Crippen LogP contribution is 2.36. The fraction of sp³-hybridized carbons (Fsp3) is 0.333. The lowest BCUT2D eigenvalue weighted by Crippen LogP contribution is -2.49. The molecule has 0 aliphatic carbocycles. The van der Waals surface area contributed by atoms with Crippen molar-refractivity contribution in [1.82, 2.24) is 4.90 Å². The summed E-state index contributed by atoms with van der Waals surface area (Å²) in [6.07, 6.45) is -0.999. The number of hydrogen-bond donors (Lipinski definition) is 0. The van der Waals surface area contributed by atoms with Crippen LogP contribution in [0.15, 0.2) is 72.5 Å². The molecule has 2 aliphatic rings. The average Bonchev–Trinajstić information content (AvgIpc) is 3.33. The third kappa shape index (κ3) is 6.86. The molecule has 2 aliphatic heterocycles. The van der Waals surface area contributed by atoms with E-state index in [4.69, 9.17) is 14.2 Å². The van der Waals surface area contributed by atoms with Crippen LogP contribution in [0.1, 0.15) is 45.2 Å². The van der Waals surface area contributed by atoms with E-state index in [9.17, 15) is 28.0 Å². The van der Waals surface area contributed by atoms with Gasteiger partial charge in [-0.1, -0.05) is 35.4 Å².